The standard InChI is InChI=1S/C25H18N2O4/c1-2-31-25(30)22-20(15-26-13-6-5-12-21(22)26)16-8-7-9-17(14-16)27-23(28)18-10-3-4-11-19(18)24(27)29/h3-15H,2H2,1H3. The molecule has 6 heteroatoms. The Hall–Kier alpha value is -4.19. The van der Waals surface area contributed by atoms with Gasteiger partial charge in [-0.1, -0.05) is 30.3 Å². The number of carbonyl (C=O) groups is 3. The predicted octanol–water partition coefficient (Wildman–Crippen LogP) is 4.58. The highest BCUT2D eigenvalue weighted by Gasteiger charge is 2.36. The van der Waals surface area contributed by atoms with Gasteiger partial charge in [0.05, 0.1) is 34.5 Å². The van der Waals surface area contributed by atoms with Crippen molar-refractivity contribution in [2.24, 2.45) is 0 Å². The van der Waals surface area contributed by atoms with Crippen LogP contribution in [0.3, 0.4) is 0 Å². The summed E-state index contributed by atoms with van der Waals surface area (Å²) in [6.45, 7) is 2.02. The van der Waals surface area contributed by atoms with Crippen LogP contribution in [0.2, 0.25) is 0 Å². The summed E-state index contributed by atoms with van der Waals surface area (Å²) in [6.07, 6.45) is 3.71. The van der Waals surface area contributed by atoms with Crippen molar-refractivity contribution < 1.29 is 19.1 Å². The smallest absolute Gasteiger partial charge is 0.340 e. The second-order valence-corrected chi connectivity index (χ2v) is 7.17. The summed E-state index contributed by atoms with van der Waals surface area (Å²) in [5.41, 5.74) is 3.78. The Morgan fingerprint density at radius 3 is 2.29 bits per heavy atom. The first-order chi connectivity index (χ1) is 15.1. The third kappa shape index (κ3) is 2.92. The fourth-order valence-corrected chi connectivity index (χ4v) is 4.00. The van der Waals surface area contributed by atoms with Crippen molar-refractivity contribution in [2.45, 2.75) is 6.92 Å². The van der Waals surface area contributed by atoms with Crippen LogP contribution in [0, 0.1) is 0 Å². The van der Waals surface area contributed by atoms with Crippen molar-refractivity contribution in [3.05, 3.63) is 95.8 Å². The number of rotatable bonds is 4. The van der Waals surface area contributed by atoms with E-state index in [9.17, 15) is 14.4 Å². The Morgan fingerprint density at radius 2 is 1.58 bits per heavy atom. The highest BCUT2D eigenvalue weighted by molar-refractivity contribution is 6.34. The monoisotopic (exact) mass is 410 g/mol. The van der Waals surface area contributed by atoms with Gasteiger partial charge in [-0.3, -0.25) is 9.59 Å². The van der Waals surface area contributed by atoms with Crippen LogP contribution in [0.4, 0.5) is 5.69 Å². The molecule has 0 saturated heterocycles. The Kier molecular flexibility index (Phi) is 4.40. The van der Waals surface area contributed by atoms with E-state index in [1.165, 1.54) is 4.90 Å². The molecule has 0 fully saturated rings. The maximum Gasteiger partial charge on any atom is 0.340 e. The molecule has 0 unspecified atom stereocenters. The third-order valence-corrected chi connectivity index (χ3v) is 5.37. The summed E-state index contributed by atoms with van der Waals surface area (Å²) in [5.74, 6) is -1.13. The second-order valence-electron chi connectivity index (χ2n) is 7.17. The molecule has 0 radical (unpaired) electrons. The van der Waals surface area contributed by atoms with Crippen LogP contribution in [-0.2, 0) is 4.74 Å². The second kappa shape index (κ2) is 7.25. The highest BCUT2D eigenvalue weighted by Crippen LogP contribution is 2.34. The van der Waals surface area contributed by atoms with Gasteiger partial charge in [-0.25, -0.2) is 9.69 Å². The molecular formula is C25H18N2O4. The van der Waals surface area contributed by atoms with Crippen LogP contribution in [0.25, 0.3) is 16.6 Å². The number of nitrogens with zero attached hydrogens (tertiary/aromatic N) is 2. The van der Waals surface area contributed by atoms with Crippen molar-refractivity contribution in [3.8, 4) is 11.1 Å². The molecule has 0 atom stereocenters. The van der Waals surface area contributed by atoms with Crippen LogP contribution < -0.4 is 4.90 Å². The molecular weight excluding hydrogens is 392 g/mol. The number of esters is 1. The van der Waals surface area contributed by atoms with Gasteiger partial charge in [0.15, 0.2) is 0 Å². The van der Waals surface area contributed by atoms with Crippen LogP contribution in [0.1, 0.15) is 38.0 Å². The highest BCUT2D eigenvalue weighted by atomic mass is 16.5. The Bertz CT molecular complexity index is 1330. The summed E-state index contributed by atoms with van der Waals surface area (Å²) in [4.78, 5) is 39.7. The van der Waals surface area contributed by atoms with E-state index >= 15 is 0 Å². The first-order valence-corrected chi connectivity index (χ1v) is 9.95. The maximum absolute atomic E-state index is 12.9. The minimum atomic E-state index is -0.419. The number of hydrogen-bond acceptors (Lipinski definition) is 4. The van der Waals surface area contributed by atoms with Crippen molar-refractivity contribution in [2.75, 3.05) is 11.5 Å². The van der Waals surface area contributed by atoms with E-state index in [2.05, 4.69) is 0 Å². The SMILES string of the molecule is CCOC(=O)c1c(-c2cccc(N3C(=O)c4ccccc4C3=O)c2)cn2ccccc12. The van der Waals surface area contributed by atoms with Gasteiger partial charge >= 0.3 is 5.97 Å². The van der Waals surface area contributed by atoms with E-state index in [-0.39, 0.29) is 18.4 Å². The molecule has 0 aliphatic carbocycles. The molecule has 6 nitrogen and oxygen atoms in total. The molecule has 3 heterocycles. The number of anilines is 1. The number of pyridine rings is 1. The number of aromatic nitrogens is 1. The van der Waals surface area contributed by atoms with Crippen molar-refractivity contribution in [1.82, 2.24) is 4.40 Å². The van der Waals surface area contributed by atoms with Gasteiger partial charge in [0, 0.05) is 18.0 Å². The molecule has 0 saturated carbocycles. The van der Waals surface area contributed by atoms with Crippen LogP contribution in [0.15, 0.2) is 79.1 Å². The summed E-state index contributed by atoms with van der Waals surface area (Å²) in [5, 5.41) is 0. The zero-order chi connectivity index (χ0) is 21.5. The lowest BCUT2D eigenvalue weighted by Crippen LogP contribution is -2.29. The molecule has 5 rings (SSSR count). The molecule has 4 aromatic rings. The van der Waals surface area contributed by atoms with E-state index in [4.69, 9.17) is 4.74 Å². The molecule has 2 amide bonds. The number of carbonyl (C=O) groups excluding carboxylic acids is 3. The lowest BCUT2D eigenvalue weighted by atomic mass is 10.0. The molecule has 152 valence electrons. The summed E-state index contributed by atoms with van der Waals surface area (Å²) in [6, 6.07) is 19.4. The zero-order valence-corrected chi connectivity index (χ0v) is 16.7. The number of imide groups is 1. The number of hydrogen-bond donors (Lipinski definition) is 0. The van der Waals surface area contributed by atoms with Gasteiger partial charge in [0.1, 0.15) is 0 Å². The van der Waals surface area contributed by atoms with Crippen molar-refractivity contribution in [1.29, 1.82) is 0 Å². The van der Waals surface area contributed by atoms with E-state index in [1.54, 1.807) is 49.4 Å². The third-order valence-electron chi connectivity index (χ3n) is 5.37. The van der Waals surface area contributed by atoms with E-state index in [1.807, 2.05) is 41.1 Å². The molecule has 31 heavy (non-hydrogen) atoms. The molecule has 1 aliphatic rings. The normalized spacial score (nSPS) is 13.0. The predicted molar refractivity (Wildman–Crippen MR) is 116 cm³/mol. The molecule has 0 bridgehead atoms. The Balaban J connectivity index is 1.63. The number of fused-ring (bicyclic) bond motifs is 2. The van der Waals surface area contributed by atoms with Gasteiger partial charge in [0.2, 0.25) is 0 Å². The first-order valence-electron chi connectivity index (χ1n) is 9.95. The molecule has 2 aromatic heterocycles. The van der Waals surface area contributed by atoms with Gasteiger partial charge in [-0.05, 0) is 48.9 Å². The van der Waals surface area contributed by atoms with Gasteiger partial charge in [0.25, 0.3) is 11.8 Å². The summed E-state index contributed by atoms with van der Waals surface area (Å²) in [7, 11) is 0. The minimum Gasteiger partial charge on any atom is -0.462 e. The van der Waals surface area contributed by atoms with E-state index in [0.717, 1.165) is 5.52 Å². The van der Waals surface area contributed by atoms with Crippen LogP contribution in [-0.4, -0.2) is 28.8 Å². The quantitative estimate of drug-likeness (QED) is 0.365. The van der Waals surface area contributed by atoms with Gasteiger partial charge in [-0.15, -0.1) is 0 Å². The average molecular weight is 410 g/mol. The van der Waals surface area contributed by atoms with E-state index < -0.39 is 5.97 Å². The minimum absolute atomic E-state index is 0.261. The van der Waals surface area contributed by atoms with Crippen molar-refractivity contribution in [3.63, 3.8) is 0 Å². The number of amides is 2. The Labute approximate surface area is 178 Å². The largest absolute Gasteiger partial charge is 0.462 e. The number of benzene rings is 2. The van der Waals surface area contributed by atoms with Crippen LogP contribution >= 0.6 is 0 Å². The lowest BCUT2D eigenvalue weighted by Gasteiger charge is -2.15. The van der Waals surface area contributed by atoms with Gasteiger partial charge < -0.3 is 9.14 Å². The van der Waals surface area contributed by atoms with Crippen LogP contribution in [0.5, 0.6) is 0 Å². The number of ether oxygens (including phenoxy) is 1. The maximum atomic E-state index is 12.9. The van der Waals surface area contributed by atoms with Crippen molar-refractivity contribution >= 4 is 29.0 Å². The fraction of sp³-hybridized carbons (Fsp3) is 0.0800. The molecule has 0 spiro atoms. The first kappa shape index (κ1) is 18.8. The van der Waals surface area contributed by atoms with Gasteiger partial charge in [-0.2, -0.15) is 0 Å². The zero-order valence-electron chi connectivity index (χ0n) is 16.7. The summed E-state index contributed by atoms with van der Waals surface area (Å²) >= 11 is 0. The fourth-order valence-electron chi connectivity index (χ4n) is 4.00. The topological polar surface area (TPSA) is 68.1 Å². The summed E-state index contributed by atoms with van der Waals surface area (Å²) < 4.78 is 7.15. The van der Waals surface area contributed by atoms with E-state index in [0.29, 0.717) is 33.5 Å². The molecule has 1 aliphatic heterocycles. The molecule has 2 aromatic carbocycles. The lowest BCUT2D eigenvalue weighted by molar-refractivity contribution is 0.0529. The Morgan fingerprint density at radius 1 is 0.871 bits per heavy atom. The molecule has 0 N–H and O–H groups in total. The average Bonchev–Trinajstić information content (AvgIpc) is 3.30.